The molecular formula is C25H30N2O2. The maximum Gasteiger partial charge on any atom is 0.246 e. The Morgan fingerprint density at radius 3 is 2.31 bits per heavy atom. The monoisotopic (exact) mass is 390 g/mol. The molecule has 0 radical (unpaired) electrons. The van der Waals surface area contributed by atoms with Gasteiger partial charge in [0, 0.05) is 43.6 Å². The highest BCUT2D eigenvalue weighted by molar-refractivity contribution is 5.77. The number of nitrogens with zero attached hydrogens (tertiary/aromatic N) is 1. The number of carbonyl (C=O) groups is 1. The Morgan fingerprint density at radius 1 is 1.07 bits per heavy atom. The van der Waals surface area contributed by atoms with Gasteiger partial charge in [0.2, 0.25) is 5.91 Å². The fraction of sp³-hybridized carbons (Fsp3) is 0.480. The van der Waals surface area contributed by atoms with E-state index in [1.54, 1.807) is 0 Å². The summed E-state index contributed by atoms with van der Waals surface area (Å²) >= 11 is 0. The molecule has 1 heterocycles. The number of fused-ring (bicyclic) bond motifs is 8. The van der Waals surface area contributed by atoms with Crippen molar-refractivity contribution < 1.29 is 9.53 Å². The highest BCUT2D eigenvalue weighted by Gasteiger charge is 2.53. The van der Waals surface area contributed by atoms with Crippen LogP contribution in [0.2, 0.25) is 0 Å². The van der Waals surface area contributed by atoms with Crippen molar-refractivity contribution in [2.45, 2.75) is 43.6 Å². The smallest absolute Gasteiger partial charge is 0.246 e. The van der Waals surface area contributed by atoms with Gasteiger partial charge in [-0.05, 0) is 48.4 Å². The summed E-state index contributed by atoms with van der Waals surface area (Å²) < 4.78 is 5.22. The lowest BCUT2D eigenvalue weighted by Crippen LogP contribution is -2.49. The summed E-state index contributed by atoms with van der Waals surface area (Å²) in [5.74, 6) is 0.568. The van der Waals surface area contributed by atoms with Gasteiger partial charge in [-0.25, -0.2) is 0 Å². The molecule has 2 bridgehead atoms. The molecule has 3 aliphatic rings. The summed E-state index contributed by atoms with van der Waals surface area (Å²) in [6, 6.07) is 18.4. The number of rotatable bonds is 6. The Kier molecular flexibility index (Phi) is 4.92. The molecule has 1 N–H and O–H groups in total. The maximum absolute atomic E-state index is 12.0. The number of likely N-dealkylation sites (tertiary alicyclic amines) is 1. The minimum absolute atomic E-state index is 0.0150. The van der Waals surface area contributed by atoms with E-state index in [9.17, 15) is 4.79 Å². The van der Waals surface area contributed by atoms with Gasteiger partial charge in [-0.3, -0.25) is 4.79 Å². The third-order valence-electron chi connectivity index (χ3n) is 7.14. The van der Waals surface area contributed by atoms with E-state index >= 15 is 0 Å². The molecule has 152 valence electrons. The molecule has 4 heteroatoms. The number of hydrogen-bond donors (Lipinski definition) is 1. The second kappa shape index (κ2) is 7.58. The van der Waals surface area contributed by atoms with Crippen LogP contribution >= 0.6 is 0 Å². The van der Waals surface area contributed by atoms with Gasteiger partial charge >= 0.3 is 0 Å². The number of hydrogen-bond acceptors (Lipinski definition) is 3. The van der Waals surface area contributed by atoms with Crippen LogP contribution < -0.4 is 5.32 Å². The largest absolute Gasteiger partial charge is 0.372 e. The Balaban J connectivity index is 1.30. The number of ether oxygens (including phenoxy) is 1. The van der Waals surface area contributed by atoms with Crippen LogP contribution in [0.4, 0.5) is 0 Å². The highest BCUT2D eigenvalue weighted by atomic mass is 16.5. The third kappa shape index (κ3) is 3.19. The van der Waals surface area contributed by atoms with Crippen LogP contribution in [0.25, 0.3) is 0 Å². The van der Waals surface area contributed by atoms with Crippen LogP contribution in [0.3, 0.4) is 0 Å². The molecule has 1 fully saturated rings. The van der Waals surface area contributed by atoms with Gasteiger partial charge < -0.3 is 15.0 Å². The number of benzene rings is 2. The molecule has 1 aliphatic heterocycles. The van der Waals surface area contributed by atoms with Crippen LogP contribution in [0, 0.1) is 0 Å². The van der Waals surface area contributed by atoms with Gasteiger partial charge in [-0.1, -0.05) is 48.5 Å². The highest BCUT2D eigenvalue weighted by Crippen LogP contribution is 2.60. The van der Waals surface area contributed by atoms with E-state index in [0.717, 1.165) is 32.5 Å². The second-order valence-corrected chi connectivity index (χ2v) is 8.77. The lowest BCUT2D eigenvalue weighted by atomic mass is 9.74. The number of carbonyl (C=O) groups excluding carboxylic acids is 1. The fourth-order valence-corrected chi connectivity index (χ4v) is 5.89. The molecule has 0 saturated carbocycles. The van der Waals surface area contributed by atoms with Gasteiger partial charge in [-0.15, -0.1) is 0 Å². The number of amides is 1. The van der Waals surface area contributed by atoms with E-state index in [2.05, 4.69) is 58.7 Å². The molecule has 29 heavy (non-hydrogen) atoms. The topological polar surface area (TPSA) is 41.6 Å². The fourth-order valence-electron chi connectivity index (χ4n) is 5.89. The zero-order valence-corrected chi connectivity index (χ0v) is 17.2. The van der Waals surface area contributed by atoms with Gasteiger partial charge in [0.1, 0.15) is 6.61 Å². The Bertz CT molecular complexity index is 854. The lowest BCUT2D eigenvalue weighted by molar-refractivity contribution is -0.126. The summed E-state index contributed by atoms with van der Waals surface area (Å²) in [6.45, 7) is 5.83. The van der Waals surface area contributed by atoms with Crippen molar-refractivity contribution in [3.63, 3.8) is 0 Å². The number of nitrogens with one attached hydrogen (secondary N) is 1. The summed E-state index contributed by atoms with van der Waals surface area (Å²) in [7, 11) is 0. The standard InChI is InChI=1S/C25H30N2O2/c1-2-29-16-24(28)26-18-11-13-27(14-12-18)17-25-15-21(19-7-3-5-9-22(19)25)20-8-4-6-10-23(20)25/h3-10,18,21H,2,11-17H2,1H3,(H,26,28). The van der Waals surface area contributed by atoms with Crippen molar-refractivity contribution in [3.05, 3.63) is 70.8 Å². The summed E-state index contributed by atoms with van der Waals surface area (Å²) in [4.78, 5) is 14.6. The summed E-state index contributed by atoms with van der Waals surface area (Å²) in [6.07, 6.45) is 3.23. The molecule has 0 atom stereocenters. The second-order valence-electron chi connectivity index (χ2n) is 8.77. The van der Waals surface area contributed by atoms with E-state index in [1.165, 1.54) is 28.7 Å². The zero-order chi connectivity index (χ0) is 19.8. The SMILES string of the molecule is CCOCC(=O)NC1CCN(CC23CC(c4ccccc42)c2ccccc23)CC1. The molecule has 5 rings (SSSR count). The van der Waals surface area contributed by atoms with E-state index < -0.39 is 0 Å². The first kappa shape index (κ1) is 18.8. The molecule has 2 aromatic rings. The van der Waals surface area contributed by atoms with E-state index in [0.29, 0.717) is 12.5 Å². The van der Waals surface area contributed by atoms with Crippen LogP contribution in [0.1, 0.15) is 54.4 Å². The quantitative estimate of drug-likeness (QED) is 0.822. The first-order valence-corrected chi connectivity index (χ1v) is 11.0. The Labute approximate surface area is 173 Å². The molecule has 2 aromatic carbocycles. The van der Waals surface area contributed by atoms with Crippen molar-refractivity contribution in [2.75, 3.05) is 32.8 Å². The third-order valence-corrected chi connectivity index (χ3v) is 7.14. The van der Waals surface area contributed by atoms with E-state index in [1.807, 2.05) is 6.92 Å². The summed E-state index contributed by atoms with van der Waals surface area (Å²) in [5.41, 5.74) is 6.27. The van der Waals surface area contributed by atoms with Crippen LogP contribution in [0.5, 0.6) is 0 Å². The minimum Gasteiger partial charge on any atom is -0.372 e. The molecule has 2 aliphatic carbocycles. The lowest BCUT2D eigenvalue weighted by Gasteiger charge is -2.40. The predicted molar refractivity (Wildman–Crippen MR) is 114 cm³/mol. The molecular weight excluding hydrogens is 360 g/mol. The predicted octanol–water partition coefficient (Wildman–Crippen LogP) is 3.44. The molecule has 1 amide bonds. The van der Waals surface area contributed by atoms with Crippen molar-refractivity contribution >= 4 is 5.91 Å². The normalized spacial score (nSPS) is 25.6. The van der Waals surface area contributed by atoms with Crippen molar-refractivity contribution in [1.29, 1.82) is 0 Å². The zero-order valence-electron chi connectivity index (χ0n) is 17.2. The van der Waals surface area contributed by atoms with Gasteiger partial charge in [0.05, 0.1) is 0 Å². The van der Waals surface area contributed by atoms with Crippen LogP contribution in [-0.2, 0) is 14.9 Å². The summed E-state index contributed by atoms with van der Waals surface area (Å²) in [5, 5.41) is 3.14. The van der Waals surface area contributed by atoms with Crippen LogP contribution in [0.15, 0.2) is 48.5 Å². The van der Waals surface area contributed by atoms with Crippen molar-refractivity contribution in [1.82, 2.24) is 10.2 Å². The van der Waals surface area contributed by atoms with Crippen LogP contribution in [-0.4, -0.2) is 49.7 Å². The Hall–Kier alpha value is -2.17. The molecule has 0 aromatic heterocycles. The van der Waals surface area contributed by atoms with Crippen molar-refractivity contribution in [2.24, 2.45) is 0 Å². The average Bonchev–Trinajstić information content (AvgIpc) is 3.26. The first-order chi connectivity index (χ1) is 14.2. The first-order valence-electron chi connectivity index (χ1n) is 11.0. The van der Waals surface area contributed by atoms with Gasteiger partial charge in [-0.2, -0.15) is 0 Å². The number of piperidine rings is 1. The van der Waals surface area contributed by atoms with E-state index in [-0.39, 0.29) is 24.0 Å². The van der Waals surface area contributed by atoms with Gasteiger partial charge in [0.15, 0.2) is 0 Å². The van der Waals surface area contributed by atoms with E-state index in [4.69, 9.17) is 4.74 Å². The Morgan fingerprint density at radius 2 is 1.69 bits per heavy atom. The molecule has 4 nitrogen and oxygen atoms in total. The molecule has 1 saturated heterocycles. The molecule has 0 spiro atoms. The maximum atomic E-state index is 12.0. The molecule has 0 unspecified atom stereocenters. The minimum atomic E-state index is 0.0150. The van der Waals surface area contributed by atoms with Crippen molar-refractivity contribution in [3.8, 4) is 0 Å². The van der Waals surface area contributed by atoms with Gasteiger partial charge in [0.25, 0.3) is 0 Å². The average molecular weight is 391 g/mol.